The molecule has 0 spiro atoms. The maximum atomic E-state index is 5.96. The lowest BCUT2D eigenvalue weighted by molar-refractivity contribution is 0.591. The van der Waals surface area contributed by atoms with Crippen LogP contribution in [0.3, 0.4) is 0 Å². The Bertz CT molecular complexity index is 4620. The summed E-state index contributed by atoms with van der Waals surface area (Å²) in [5.41, 5.74) is 16.7. The van der Waals surface area contributed by atoms with Crippen LogP contribution in [-0.2, 0) is 10.8 Å². The number of nitrogens with zero attached hydrogens (tertiary/aromatic N) is 4. The van der Waals surface area contributed by atoms with Crippen molar-refractivity contribution in [3.8, 4) is 16.8 Å². The molecule has 67 heavy (non-hydrogen) atoms. The number of para-hydroxylation sites is 2. The van der Waals surface area contributed by atoms with Crippen LogP contribution in [0.25, 0.3) is 137 Å². The van der Waals surface area contributed by atoms with Crippen molar-refractivity contribution >= 4 is 120 Å². The molecule has 6 aromatic heterocycles. The van der Waals surface area contributed by atoms with Crippen LogP contribution in [0.15, 0.2) is 170 Å². The molecule has 0 unspecified atom stereocenters. The van der Waals surface area contributed by atoms with Gasteiger partial charge in [0.25, 0.3) is 0 Å². The van der Waals surface area contributed by atoms with Crippen molar-refractivity contribution in [2.24, 2.45) is 0 Å². The highest BCUT2D eigenvalue weighted by atomic mass is 15.0. The molecule has 4 heteroatoms. The molecule has 15 aromatic rings. The van der Waals surface area contributed by atoms with Gasteiger partial charge in [-0.2, -0.15) is 0 Å². The molecule has 0 aliphatic carbocycles. The second kappa shape index (κ2) is 12.5. The maximum Gasteiger partial charge on any atom is 0.146 e. The SMILES string of the molecule is CC(C)(C)c1cc(-c2ccc3c(c2)c2ccccc2n3-c2ccccc2)c2c(c1)c1cc(C(C)(C)C)cc3c4nc5c(cc4n2c13)c1c2ccccc2cc2c3ccc4ccccc4c3n5c21. The van der Waals surface area contributed by atoms with Gasteiger partial charge in [-0.05, 0) is 110 Å². The topological polar surface area (TPSA) is 26.6 Å². The summed E-state index contributed by atoms with van der Waals surface area (Å²) < 4.78 is 7.51. The lowest BCUT2D eigenvalue weighted by Crippen LogP contribution is -2.11. The van der Waals surface area contributed by atoms with Gasteiger partial charge in [-0.3, -0.25) is 4.40 Å². The van der Waals surface area contributed by atoms with E-state index in [4.69, 9.17) is 4.98 Å². The van der Waals surface area contributed by atoms with Crippen LogP contribution < -0.4 is 0 Å². The Morgan fingerprint density at radius 3 is 1.79 bits per heavy atom. The first-order valence-corrected chi connectivity index (χ1v) is 23.7. The average Bonchev–Trinajstić information content (AvgIpc) is 4.12. The van der Waals surface area contributed by atoms with Crippen molar-refractivity contribution in [1.82, 2.24) is 18.4 Å². The minimum atomic E-state index is -0.0854. The Labute approximate surface area is 386 Å². The van der Waals surface area contributed by atoms with Crippen molar-refractivity contribution in [3.63, 3.8) is 0 Å². The summed E-state index contributed by atoms with van der Waals surface area (Å²) in [5.74, 6) is 0. The second-order valence-corrected chi connectivity index (χ2v) is 21.2. The summed E-state index contributed by atoms with van der Waals surface area (Å²) >= 11 is 0. The molecule has 318 valence electrons. The van der Waals surface area contributed by atoms with Crippen molar-refractivity contribution in [2.75, 3.05) is 0 Å². The Morgan fingerprint density at radius 1 is 0.373 bits per heavy atom. The standard InChI is InChI=1S/C63H46N4/c1-62(2,3)38-30-45(37-25-27-53-46(28-37)43-22-14-15-23-52(43)65(53)40-18-8-7-9-19-40)58-48(31-38)49-32-39(63(4,5)6)33-51-56-54(66(58)59(49)51)34-50-55-41-20-12-11-17-36(41)29-47-44-26-24-35-16-10-13-21-42(35)57(44)67(60(47)55)61(50)64-56/h7-34H,1-6H3. The van der Waals surface area contributed by atoms with E-state index in [1.165, 1.54) is 131 Å². The van der Waals surface area contributed by atoms with Gasteiger partial charge >= 0.3 is 0 Å². The number of hydrogen-bond acceptors (Lipinski definition) is 1. The van der Waals surface area contributed by atoms with Gasteiger partial charge in [0, 0.05) is 65.1 Å². The molecule has 0 aliphatic rings. The lowest BCUT2D eigenvalue weighted by atomic mass is 9.83. The summed E-state index contributed by atoms with van der Waals surface area (Å²) in [6, 6.07) is 64.0. The van der Waals surface area contributed by atoms with Crippen LogP contribution in [0.5, 0.6) is 0 Å². The van der Waals surface area contributed by atoms with Gasteiger partial charge < -0.3 is 8.97 Å². The number of rotatable bonds is 2. The molecule has 0 saturated heterocycles. The molecule has 0 saturated carbocycles. The zero-order valence-electron chi connectivity index (χ0n) is 38.5. The van der Waals surface area contributed by atoms with E-state index in [0.29, 0.717) is 0 Å². The third-order valence-electron chi connectivity index (χ3n) is 15.3. The summed E-state index contributed by atoms with van der Waals surface area (Å²) in [6.07, 6.45) is 0. The van der Waals surface area contributed by atoms with Crippen LogP contribution in [-0.4, -0.2) is 18.4 Å². The normalized spacial score (nSPS) is 13.2. The second-order valence-electron chi connectivity index (χ2n) is 21.2. The Morgan fingerprint density at radius 2 is 1.00 bits per heavy atom. The number of benzene rings is 9. The molecular formula is C63H46N4. The predicted molar refractivity (Wildman–Crippen MR) is 286 cm³/mol. The first kappa shape index (κ1) is 37.3. The molecule has 6 heterocycles. The number of hydrogen-bond donors (Lipinski definition) is 0. The van der Waals surface area contributed by atoms with E-state index in [-0.39, 0.29) is 10.8 Å². The molecule has 0 aliphatic heterocycles. The number of pyridine rings is 1. The smallest absolute Gasteiger partial charge is 0.146 e. The Kier molecular flexibility index (Phi) is 6.94. The fourth-order valence-corrected chi connectivity index (χ4v) is 12.1. The molecule has 0 amide bonds. The van der Waals surface area contributed by atoms with Crippen LogP contribution in [0.2, 0.25) is 0 Å². The largest absolute Gasteiger partial charge is 0.309 e. The van der Waals surface area contributed by atoms with Crippen LogP contribution in [0.4, 0.5) is 0 Å². The van der Waals surface area contributed by atoms with Crippen molar-refractivity contribution in [3.05, 3.63) is 181 Å². The van der Waals surface area contributed by atoms with E-state index >= 15 is 0 Å². The van der Waals surface area contributed by atoms with E-state index < -0.39 is 0 Å². The minimum absolute atomic E-state index is 0.0835. The van der Waals surface area contributed by atoms with Gasteiger partial charge in [0.05, 0.1) is 44.1 Å². The Hall–Kier alpha value is -7.95. The van der Waals surface area contributed by atoms with Gasteiger partial charge in [-0.1, -0.05) is 145 Å². The Balaban J connectivity index is 1.14. The quantitative estimate of drug-likeness (QED) is 0.170. The van der Waals surface area contributed by atoms with Crippen molar-refractivity contribution in [2.45, 2.75) is 52.4 Å². The molecule has 0 bridgehead atoms. The monoisotopic (exact) mass is 858 g/mol. The highest BCUT2D eigenvalue weighted by molar-refractivity contribution is 6.35. The highest BCUT2D eigenvalue weighted by Gasteiger charge is 2.29. The van der Waals surface area contributed by atoms with Gasteiger partial charge in [0.1, 0.15) is 5.65 Å². The molecule has 0 N–H and O–H groups in total. The number of aromatic nitrogens is 4. The predicted octanol–water partition coefficient (Wildman–Crippen LogP) is 17.0. The molecule has 0 fully saturated rings. The van der Waals surface area contributed by atoms with E-state index in [1.807, 2.05) is 0 Å². The number of fused-ring (bicyclic) bond motifs is 19. The third kappa shape index (κ3) is 4.79. The van der Waals surface area contributed by atoms with E-state index in [2.05, 4.69) is 225 Å². The molecule has 0 radical (unpaired) electrons. The summed E-state index contributed by atoms with van der Waals surface area (Å²) in [5, 5.41) is 16.3. The van der Waals surface area contributed by atoms with Crippen LogP contribution >= 0.6 is 0 Å². The summed E-state index contributed by atoms with van der Waals surface area (Å²) in [4.78, 5) is 5.96. The third-order valence-corrected chi connectivity index (χ3v) is 15.3. The fraction of sp³-hybridized carbons (Fsp3) is 0.127. The van der Waals surface area contributed by atoms with Gasteiger partial charge in [0.2, 0.25) is 0 Å². The van der Waals surface area contributed by atoms with E-state index in [0.717, 1.165) is 16.7 Å². The molecule has 4 nitrogen and oxygen atoms in total. The van der Waals surface area contributed by atoms with Crippen LogP contribution in [0.1, 0.15) is 52.7 Å². The zero-order chi connectivity index (χ0) is 44.8. The van der Waals surface area contributed by atoms with E-state index in [1.54, 1.807) is 0 Å². The van der Waals surface area contributed by atoms with Crippen molar-refractivity contribution < 1.29 is 0 Å². The summed E-state index contributed by atoms with van der Waals surface area (Å²) in [6.45, 7) is 14.1. The molecule has 0 atom stereocenters. The van der Waals surface area contributed by atoms with Gasteiger partial charge in [-0.15, -0.1) is 0 Å². The maximum absolute atomic E-state index is 5.96. The van der Waals surface area contributed by atoms with E-state index in [9.17, 15) is 0 Å². The highest BCUT2D eigenvalue weighted by Crippen LogP contribution is 2.50. The average molecular weight is 859 g/mol. The molecule has 15 rings (SSSR count). The lowest BCUT2D eigenvalue weighted by Gasteiger charge is -2.22. The van der Waals surface area contributed by atoms with Gasteiger partial charge in [-0.25, -0.2) is 4.98 Å². The summed E-state index contributed by atoms with van der Waals surface area (Å²) in [7, 11) is 0. The van der Waals surface area contributed by atoms with Gasteiger partial charge in [0.15, 0.2) is 0 Å². The zero-order valence-corrected chi connectivity index (χ0v) is 38.5. The first-order valence-electron chi connectivity index (χ1n) is 23.7. The minimum Gasteiger partial charge on any atom is -0.309 e. The first-order chi connectivity index (χ1) is 32.5. The molecular weight excluding hydrogens is 813 g/mol. The van der Waals surface area contributed by atoms with Crippen molar-refractivity contribution in [1.29, 1.82) is 0 Å². The van der Waals surface area contributed by atoms with Crippen LogP contribution in [0, 0.1) is 0 Å². The fourth-order valence-electron chi connectivity index (χ4n) is 12.1. The molecule has 9 aromatic carbocycles.